The van der Waals surface area contributed by atoms with Gasteiger partial charge in [0.1, 0.15) is 11.9 Å². The number of carbonyl (C=O) groups is 2. The van der Waals surface area contributed by atoms with E-state index in [1.165, 1.54) is 4.80 Å². The Kier molecular flexibility index (Phi) is 7.21. The van der Waals surface area contributed by atoms with Crippen molar-refractivity contribution in [3.63, 3.8) is 0 Å². The summed E-state index contributed by atoms with van der Waals surface area (Å²) >= 11 is 0. The lowest BCUT2D eigenvalue weighted by Crippen LogP contribution is -2.42. The summed E-state index contributed by atoms with van der Waals surface area (Å²) in [5, 5.41) is 18.8. The van der Waals surface area contributed by atoms with Gasteiger partial charge in [-0.15, -0.1) is 10.2 Å². The highest BCUT2D eigenvalue weighted by Gasteiger charge is 2.28. The average molecular weight is 365 g/mol. The van der Waals surface area contributed by atoms with E-state index in [-0.39, 0.29) is 18.5 Å². The van der Waals surface area contributed by atoms with Gasteiger partial charge >= 0.3 is 0 Å². The number of aromatic nitrogens is 6. The Labute approximate surface area is 150 Å². The van der Waals surface area contributed by atoms with Crippen molar-refractivity contribution >= 4 is 12.4 Å². The summed E-state index contributed by atoms with van der Waals surface area (Å²) < 4.78 is 7.69. The van der Waals surface area contributed by atoms with Gasteiger partial charge < -0.3 is 19.3 Å². The Balaban J connectivity index is 0.000000758. The van der Waals surface area contributed by atoms with Gasteiger partial charge in [0.2, 0.25) is 11.7 Å². The standard InChI is InChI=1S/C14H21N7O2.CH2O2/c1-3-12-15-5-7-20(12)6-4-13(22)21-8-9-23-11(10-21)14-16-18-19(2)17-14;2-1-3/h5,7,11H,3-4,6,8-10H2,1-2H3;1H,(H,2,3). The molecule has 0 saturated carbocycles. The molecule has 0 aromatic carbocycles. The molecule has 1 N–H and O–H groups in total. The Morgan fingerprint density at radius 3 is 2.92 bits per heavy atom. The van der Waals surface area contributed by atoms with Crippen molar-refractivity contribution in [3.8, 4) is 0 Å². The lowest BCUT2D eigenvalue weighted by molar-refractivity contribution is -0.139. The van der Waals surface area contributed by atoms with Crippen LogP contribution >= 0.6 is 0 Å². The van der Waals surface area contributed by atoms with Crippen LogP contribution < -0.4 is 0 Å². The summed E-state index contributed by atoms with van der Waals surface area (Å²) in [6.45, 7) is 4.00. The molecule has 2 aromatic rings. The van der Waals surface area contributed by atoms with Crippen LogP contribution in [0.4, 0.5) is 0 Å². The smallest absolute Gasteiger partial charge is 0.290 e. The zero-order valence-electron chi connectivity index (χ0n) is 14.9. The second-order valence-electron chi connectivity index (χ2n) is 5.58. The first kappa shape index (κ1) is 19.5. The van der Waals surface area contributed by atoms with E-state index < -0.39 is 0 Å². The highest BCUT2D eigenvalue weighted by atomic mass is 16.5. The van der Waals surface area contributed by atoms with Crippen molar-refractivity contribution < 1.29 is 19.4 Å². The average Bonchev–Trinajstić information content (AvgIpc) is 3.29. The first-order chi connectivity index (χ1) is 12.6. The number of amides is 1. The molecule has 0 bridgehead atoms. The monoisotopic (exact) mass is 365 g/mol. The molecular formula is C15H23N7O4. The Morgan fingerprint density at radius 2 is 2.27 bits per heavy atom. The Morgan fingerprint density at radius 1 is 1.50 bits per heavy atom. The van der Waals surface area contributed by atoms with Crippen LogP contribution in [0.15, 0.2) is 12.4 Å². The number of carboxylic acid groups (broad SMARTS) is 1. The van der Waals surface area contributed by atoms with Crippen LogP contribution in [-0.2, 0) is 34.3 Å². The van der Waals surface area contributed by atoms with Crippen molar-refractivity contribution in [3.05, 3.63) is 24.0 Å². The Bertz CT molecular complexity index is 714. The van der Waals surface area contributed by atoms with Gasteiger partial charge in [-0.3, -0.25) is 9.59 Å². The maximum Gasteiger partial charge on any atom is 0.290 e. The molecule has 1 saturated heterocycles. The van der Waals surface area contributed by atoms with Gasteiger partial charge in [-0.1, -0.05) is 6.92 Å². The van der Waals surface area contributed by atoms with E-state index in [0.717, 1.165) is 12.2 Å². The summed E-state index contributed by atoms with van der Waals surface area (Å²) in [6, 6.07) is 0. The number of carbonyl (C=O) groups excluding carboxylic acids is 1. The van der Waals surface area contributed by atoms with Gasteiger partial charge in [0.15, 0.2) is 0 Å². The van der Waals surface area contributed by atoms with Crippen LogP contribution in [0.1, 0.15) is 31.1 Å². The van der Waals surface area contributed by atoms with Crippen molar-refractivity contribution in [2.45, 2.75) is 32.4 Å². The molecule has 1 amide bonds. The summed E-state index contributed by atoms with van der Waals surface area (Å²) in [5.41, 5.74) is 0. The number of rotatable bonds is 5. The van der Waals surface area contributed by atoms with Crippen molar-refractivity contribution in [1.82, 2.24) is 34.7 Å². The minimum absolute atomic E-state index is 0.109. The van der Waals surface area contributed by atoms with Crippen LogP contribution in [0, 0.1) is 0 Å². The Hall–Kier alpha value is -2.82. The van der Waals surface area contributed by atoms with Crippen molar-refractivity contribution in [2.75, 3.05) is 19.7 Å². The maximum atomic E-state index is 12.4. The number of aryl methyl sites for hydroxylation is 3. The number of tetrazole rings is 1. The number of nitrogens with zero attached hydrogens (tertiary/aromatic N) is 7. The third kappa shape index (κ3) is 5.09. The van der Waals surface area contributed by atoms with Gasteiger partial charge in [-0.05, 0) is 5.21 Å². The summed E-state index contributed by atoms with van der Waals surface area (Å²) in [7, 11) is 1.71. The van der Waals surface area contributed by atoms with E-state index in [2.05, 4.69) is 27.3 Å². The molecule has 11 heteroatoms. The van der Waals surface area contributed by atoms with Gasteiger partial charge in [-0.2, -0.15) is 4.80 Å². The number of imidazole rings is 1. The fourth-order valence-electron chi connectivity index (χ4n) is 2.69. The molecule has 11 nitrogen and oxygen atoms in total. The molecule has 26 heavy (non-hydrogen) atoms. The molecule has 142 valence electrons. The molecule has 3 rings (SSSR count). The van der Waals surface area contributed by atoms with Crippen LogP contribution in [0.25, 0.3) is 0 Å². The molecule has 1 fully saturated rings. The summed E-state index contributed by atoms with van der Waals surface area (Å²) in [6.07, 6.45) is 4.69. The zero-order valence-corrected chi connectivity index (χ0v) is 14.9. The largest absolute Gasteiger partial charge is 0.483 e. The number of hydrogen-bond donors (Lipinski definition) is 1. The fraction of sp³-hybridized carbons (Fsp3) is 0.600. The molecule has 0 spiro atoms. The number of hydrogen-bond acceptors (Lipinski definition) is 7. The first-order valence-electron chi connectivity index (χ1n) is 8.30. The normalized spacial score (nSPS) is 16.7. The minimum atomic E-state index is -0.305. The molecule has 1 aliphatic heterocycles. The lowest BCUT2D eigenvalue weighted by atomic mass is 10.2. The summed E-state index contributed by atoms with van der Waals surface area (Å²) in [5.74, 6) is 1.63. The fourth-order valence-corrected chi connectivity index (χ4v) is 2.69. The maximum absolute atomic E-state index is 12.4. The van der Waals surface area contributed by atoms with E-state index in [9.17, 15) is 4.79 Å². The van der Waals surface area contributed by atoms with Gasteiger partial charge in [-0.25, -0.2) is 4.98 Å². The number of morpholine rings is 1. The van der Waals surface area contributed by atoms with E-state index in [0.29, 0.717) is 38.5 Å². The molecular weight excluding hydrogens is 342 g/mol. The first-order valence-corrected chi connectivity index (χ1v) is 8.30. The molecule has 0 aliphatic carbocycles. The van der Waals surface area contributed by atoms with Crippen LogP contribution in [0.3, 0.4) is 0 Å². The van der Waals surface area contributed by atoms with E-state index in [1.807, 2.05) is 15.7 Å². The second kappa shape index (κ2) is 9.61. The van der Waals surface area contributed by atoms with Crippen LogP contribution in [0.2, 0.25) is 0 Å². The highest BCUT2D eigenvalue weighted by molar-refractivity contribution is 5.76. The third-order valence-corrected chi connectivity index (χ3v) is 3.92. The SMILES string of the molecule is CCc1nccn1CCC(=O)N1CCOC(c2nnn(C)n2)C1.O=CO. The van der Waals surface area contributed by atoms with Gasteiger partial charge in [0.25, 0.3) is 6.47 Å². The summed E-state index contributed by atoms with van der Waals surface area (Å²) in [4.78, 5) is 28.3. The quantitative estimate of drug-likeness (QED) is 0.713. The molecule has 1 unspecified atom stereocenters. The molecule has 3 heterocycles. The van der Waals surface area contributed by atoms with Crippen LogP contribution in [-0.4, -0.2) is 71.8 Å². The number of ether oxygens (including phenoxy) is 1. The van der Waals surface area contributed by atoms with Crippen LogP contribution in [0.5, 0.6) is 0 Å². The molecule has 1 atom stereocenters. The second-order valence-corrected chi connectivity index (χ2v) is 5.58. The molecule has 0 radical (unpaired) electrons. The van der Waals surface area contributed by atoms with E-state index in [1.54, 1.807) is 13.2 Å². The molecule has 1 aliphatic rings. The molecule has 2 aromatic heterocycles. The van der Waals surface area contributed by atoms with Gasteiger partial charge in [0.05, 0.1) is 20.2 Å². The van der Waals surface area contributed by atoms with E-state index >= 15 is 0 Å². The third-order valence-electron chi connectivity index (χ3n) is 3.92. The predicted molar refractivity (Wildman–Crippen MR) is 89.0 cm³/mol. The minimum Gasteiger partial charge on any atom is -0.483 e. The van der Waals surface area contributed by atoms with Crippen molar-refractivity contribution in [2.24, 2.45) is 7.05 Å². The predicted octanol–water partition coefficient (Wildman–Crippen LogP) is -0.340. The highest BCUT2D eigenvalue weighted by Crippen LogP contribution is 2.19. The van der Waals surface area contributed by atoms with Gasteiger partial charge in [0, 0.05) is 38.3 Å². The van der Waals surface area contributed by atoms with E-state index in [4.69, 9.17) is 14.6 Å². The topological polar surface area (TPSA) is 128 Å². The zero-order chi connectivity index (χ0) is 18.9. The van der Waals surface area contributed by atoms with Crippen molar-refractivity contribution in [1.29, 1.82) is 0 Å². The lowest BCUT2D eigenvalue weighted by Gasteiger charge is -2.31.